The van der Waals surface area contributed by atoms with Crippen molar-refractivity contribution < 1.29 is 8.42 Å². The summed E-state index contributed by atoms with van der Waals surface area (Å²) < 4.78 is 27.3. The van der Waals surface area contributed by atoms with Crippen LogP contribution in [0.25, 0.3) is 0 Å². The summed E-state index contributed by atoms with van der Waals surface area (Å²) in [6.45, 7) is 4.12. The van der Waals surface area contributed by atoms with Gasteiger partial charge >= 0.3 is 0 Å². The molecule has 2 rings (SSSR count). The number of aryl methyl sites for hydroxylation is 1. The molecule has 1 aromatic rings. The zero-order valence-corrected chi connectivity index (χ0v) is 13.6. The van der Waals surface area contributed by atoms with Gasteiger partial charge < -0.3 is 5.32 Å². The van der Waals surface area contributed by atoms with Gasteiger partial charge in [0, 0.05) is 0 Å². The molecular formula is C16H26N2O2S. The van der Waals surface area contributed by atoms with Crippen LogP contribution in [0.4, 0.5) is 5.69 Å². The molecule has 2 N–H and O–H groups in total. The highest BCUT2D eigenvalue weighted by Crippen LogP contribution is 2.20. The quantitative estimate of drug-likeness (QED) is 0.814. The Morgan fingerprint density at radius 2 is 1.95 bits per heavy atom. The lowest BCUT2D eigenvalue weighted by atomic mass is 9.96. The summed E-state index contributed by atoms with van der Waals surface area (Å²) in [5.74, 6) is 0.756. The molecule has 0 aromatic heterocycles. The number of anilines is 1. The molecule has 0 saturated carbocycles. The lowest BCUT2D eigenvalue weighted by Gasteiger charge is -2.22. The monoisotopic (exact) mass is 310 g/mol. The van der Waals surface area contributed by atoms with Gasteiger partial charge in [-0.05, 0) is 56.3 Å². The molecule has 1 fully saturated rings. The number of rotatable bonds is 7. The fourth-order valence-electron chi connectivity index (χ4n) is 2.82. The second kappa shape index (κ2) is 7.80. The number of piperidine rings is 1. The van der Waals surface area contributed by atoms with Crippen LogP contribution in [-0.4, -0.2) is 27.3 Å². The van der Waals surface area contributed by atoms with Crippen LogP contribution in [0.5, 0.6) is 0 Å². The van der Waals surface area contributed by atoms with Crippen LogP contribution in [0, 0.1) is 5.92 Å². The van der Waals surface area contributed by atoms with Crippen molar-refractivity contribution in [3.63, 3.8) is 0 Å². The van der Waals surface area contributed by atoms with E-state index in [0.29, 0.717) is 5.92 Å². The van der Waals surface area contributed by atoms with Crippen LogP contribution in [0.2, 0.25) is 0 Å². The third-order valence-corrected chi connectivity index (χ3v) is 5.36. The molecule has 0 aliphatic carbocycles. The number of para-hydroxylation sites is 1. The van der Waals surface area contributed by atoms with Crippen LogP contribution in [0.15, 0.2) is 24.3 Å². The maximum Gasteiger partial charge on any atom is 0.232 e. The Balaban J connectivity index is 1.93. The van der Waals surface area contributed by atoms with E-state index in [4.69, 9.17) is 0 Å². The molecule has 1 saturated heterocycles. The Bertz CT molecular complexity index is 537. The van der Waals surface area contributed by atoms with Gasteiger partial charge in [-0.15, -0.1) is 0 Å². The first-order chi connectivity index (χ1) is 10.1. The summed E-state index contributed by atoms with van der Waals surface area (Å²) in [4.78, 5) is 0. The molecule has 0 bridgehead atoms. The highest BCUT2D eigenvalue weighted by atomic mass is 32.2. The van der Waals surface area contributed by atoms with E-state index in [9.17, 15) is 8.42 Å². The molecule has 1 aromatic carbocycles. The number of sulfonamides is 1. The first kappa shape index (κ1) is 16.3. The standard InChI is InChI=1S/C16H26N2O2S/c1-2-5-15-6-3-4-7-16(15)18-21(19,20)13-10-14-8-11-17-12-9-14/h3-4,6-7,14,17-18H,2,5,8-13H2,1H3. The molecular weight excluding hydrogens is 284 g/mol. The van der Waals surface area contributed by atoms with Gasteiger partial charge in [-0.1, -0.05) is 31.5 Å². The molecule has 0 spiro atoms. The fraction of sp³-hybridized carbons (Fsp3) is 0.625. The Morgan fingerprint density at radius 3 is 2.67 bits per heavy atom. The number of hydrogen-bond donors (Lipinski definition) is 2. The first-order valence-corrected chi connectivity index (χ1v) is 9.55. The summed E-state index contributed by atoms with van der Waals surface area (Å²) in [7, 11) is -3.25. The molecule has 0 radical (unpaired) electrons. The van der Waals surface area contributed by atoms with Crippen molar-refractivity contribution in [2.45, 2.75) is 39.0 Å². The first-order valence-electron chi connectivity index (χ1n) is 7.90. The predicted molar refractivity (Wildman–Crippen MR) is 88.1 cm³/mol. The maximum absolute atomic E-state index is 12.3. The lowest BCUT2D eigenvalue weighted by molar-refractivity contribution is 0.365. The van der Waals surface area contributed by atoms with E-state index >= 15 is 0 Å². The van der Waals surface area contributed by atoms with Gasteiger partial charge in [-0.25, -0.2) is 8.42 Å². The van der Waals surface area contributed by atoms with Gasteiger partial charge in [0.25, 0.3) is 0 Å². The molecule has 21 heavy (non-hydrogen) atoms. The summed E-state index contributed by atoms with van der Waals surface area (Å²) in [5, 5.41) is 3.31. The van der Waals surface area contributed by atoms with E-state index in [1.807, 2.05) is 24.3 Å². The second-order valence-corrected chi connectivity index (χ2v) is 7.65. The molecule has 4 nitrogen and oxygen atoms in total. The Kier molecular flexibility index (Phi) is 6.06. The average molecular weight is 310 g/mol. The van der Waals surface area contributed by atoms with Gasteiger partial charge in [0.1, 0.15) is 0 Å². The summed E-state index contributed by atoms with van der Waals surface area (Å²) in [6.07, 6.45) is 4.83. The average Bonchev–Trinajstić information content (AvgIpc) is 2.48. The lowest BCUT2D eigenvalue weighted by Crippen LogP contribution is -2.29. The summed E-state index contributed by atoms with van der Waals surface area (Å²) in [5.41, 5.74) is 1.81. The molecule has 1 aliphatic rings. The van der Waals surface area contributed by atoms with E-state index in [1.165, 1.54) is 0 Å². The number of nitrogens with one attached hydrogen (secondary N) is 2. The van der Waals surface area contributed by atoms with Crippen LogP contribution in [0.3, 0.4) is 0 Å². The Morgan fingerprint density at radius 1 is 1.24 bits per heavy atom. The Hall–Kier alpha value is -1.07. The second-order valence-electron chi connectivity index (χ2n) is 5.81. The van der Waals surface area contributed by atoms with E-state index in [1.54, 1.807) is 0 Å². The van der Waals surface area contributed by atoms with Crippen molar-refractivity contribution in [3.05, 3.63) is 29.8 Å². The van der Waals surface area contributed by atoms with Gasteiger partial charge in [0.2, 0.25) is 10.0 Å². The van der Waals surface area contributed by atoms with Crippen molar-refractivity contribution in [1.82, 2.24) is 5.32 Å². The third kappa shape index (κ3) is 5.32. The molecule has 1 aliphatic heterocycles. The van der Waals surface area contributed by atoms with Crippen molar-refractivity contribution >= 4 is 15.7 Å². The molecule has 5 heteroatoms. The van der Waals surface area contributed by atoms with Gasteiger partial charge in [-0.2, -0.15) is 0 Å². The van der Waals surface area contributed by atoms with Crippen LogP contribution < -0.4 is 10.0 Å². The van der Waals surface area contributed by atoms with E-state index in [-0.39, 0.29) is 5.75 Å². The van der Waals surface area contributed by atoms with Crippen molar-refractivity contribution in [2.75, 3.05) is 23.6 Å². The SMILES string of the molecule is CCCc1ccccc1NS(=O)(=O)CCC1CCNCC1. The summed E-state index contributed by atoms with van der Waals surface area (Å²) >= 11 is 0. The zero-order valence-electron chi connectivity index (χ0n) is 12.8. The summed E-state index contributed by atoms with van der Waals surface area (Å²) in [6, 6.07) is 7.68. The molecule has 1 heterocycles. The zero-order chi connectivity index (χ0) is 15.1. The minimum Gasteiger partial charge on any atom is -0.317 e. The molecule has 0 amide bonds. The predicted octanol–water partition coefficient (Wildman–Crippen LogP) is 2.77. The van der Waals surface area contributed by atoms with Crippen molar-refractivity contribution in [1.29, 1.82) is 0 Å². The number of hydrogen-bond acceptors (Lipinski definition) is 3. The van der Waals surface area contributed by atoms with Crippen LogP contribution in [-0.2, 0) is 16.4 Å². The van der Waals surface area contributed by atoms with E-state index in [2.05, 4.69) is 17.0 Å². The normalized spacial score (nSPS) is 16.8. The van der Waals surface area contributed by atoms with Crippen LogP contribution in [0.1, 0.15) is 38.2 Å². The maximum atomic E-state index is 12.3. The van der Waals surface area contributed by atoms with Crippen molar-refractivity contribution in [2.24, 2.45) is 5.92 Å². The third-order valence-electron chi connectivity index (χ3n) is 4.06. The molecule has 118 valence electrons. The van der Waals surface area contributed by atoms with E-state index in [0.717, 1.165) is 56.4 Å². The fourth-order valence-corrected chi connectivity index (χ4v) is 4.10. The van der Waals surface area contributed by atoms with Crippen LogP contribution >= 0.6 is 0 Å². The Labute approximate surface area is 128 Å². The molecule has 0 atom stereocenters. The largest absolute Gasteiger partial charge is 0.317 e. The highest BCUT2D eigenvalue weighted by molar-refractivity contribution is 7.92. The van der Waals surface area contributed by atoms with E-state index < -0.39 is 10.0 Å². The topological polar surface area (TPSA) is 58.2 Å². The van der Waals surface area contributed by atoms with Crippen molar-refractivity contribution in [3.8, 4) is 0 Å². The van der Waals surface area contributed by atoms with Gasteiger partial charge in [-0.3, -0.25) is 4.72 Å². The molecule has 0 unspecified atom stereocenters. The highest BCUT2D eigenvalue weighted by Gasteiger charge is 2.18. The van der Waals surface area contributed by atoms with Gasteiger partial charge in [0.15, 0.2) is 0 Å². The minimum atomic E-state index is -3.25. The minimum absolute atomic E-state index is 0.220. The number of benzene rings is 1. The van der Waals surface area contributed by atoms with Gasteiger partial charge in [0.05, 0.1) is 11.4 Å². The smallest absolute Gasteiger partial charge is 0.232 e.